The highest BCUT2D eigenvalue weighted by atomic mass is 35.5. The van der Waals surface area contributed by atoms with Crippen molar-refractivity contribution in [1.29, 1.82) is 0 Å². The monoisotopic (exact) mass is 1910 g/mol. The first kappa shape index (κ1) is 123. The molecule has 6 N–H and O–H groups in total. The van der Waals surface area contributed by atoms with E-state index in [9.17, 15) is 62.6 Å². The minimum Gasteiger partial charge on any atom is -0.478 e. The van der Waals surface area contributed by atoms with Crippen molar-refractivity contribution in [3.63, 3.8) is 0 Å². The number of esters is 1. The van der Waals surface area contributed by atoms with Gasteiger partial charge < -0.3 is 69.4 Å². The molecule has 2 aromatic carbocycles. The van der Waals surface area contributed by atoms with Crippen LogP contribution in [0.15, 0.2) is 95.1 Å². The third-order valence-electron chi connectivity index (χ3n) is 25.2. The fourth-order valence-electron chi connectivity index (χ4n) is 13.5. The van der Waals surface area contributed by atoms with Crippen molar-refractivity contribution in [1.82, 2.24) is 40.9 Å². The minimum absolute atomic E-state index is 0.0230. The second-order valence-corrected chi connectivity index (χ2v) is 50.4. The predicted molar refractivity (Wildman–Crippen MR) is 531 cm³/mol. The van der Waals surface area contributed by atoms with Crippen LogP contribution in [0.25, 0.3) is 0 Å². The quantitative estimate of drug-likeness (QED) is 0.0118. The third kappa shape index (κ3) is 42.1. The Labute approximate surface area is 796 Å². The number of amides is 8. The Morgan fingerprint density at radius 1 is 0.508 bits per heavy atom. The SMILES string of the molecule is C/C=C(\C)[C@@H](O[Si](C)(C)C(C)(C)C)[C@@H](C)[C@@H](C)C/C=C(\C)C(=O)O[C@H](CC(C)C)C(=O)N[C@@H](C)C(=O)N(C)[C@H](Cc1ccc(Cl)cc1)C(=O)N(C)CC(=O)N[C@H](C(C)=O)C(C)CC.C/C=C(\C)[C@@H](O[Si](C)(C)C(C)(C)C)[C@@H](C)[C@H](C/C=C(\C)C(=O)O)OCSC.CCC(C)[C@H](NC(=O)CN(C)C(=O)[C@@H](Cc1ccc(Cl)cc1)N(C)C(=O)[C@H](C)NC(=O)[C@H](O)CC(C)C)C(C)=O. The highest BCUT2D eigenvalue weighted by Gasteiger charge is 2.45. The van der Waals surface area contributed by atoms with Crippen LogP contribution >= 0.6 is 35.0 Å². The van der Waals surface area contributed by atoms with Gasteiger partial charge in [-0.1, -0.05) is 202 Å². The number of rotatable bonds is 50. The summed E-state index contributed by atoms with van der Waals surface area (Å²) in [5.74, 6) is -5.38. The fraction of sp³-hybridized carbons (Fsp3) is 0.677. The summed E-state index contributed by atoms with van der Waals surface area (Å²) in [6.07, 6.45) is 10.4. The van der Waals surface area contributed by atoms with E-state index in [1.54, 1.807) is 80.2 Å². The number of carbonyl (C=O) groups excluding carboxylic acids is 11. The van der Waals surface area contributed by atoms with Gasteiger partial charge in [0.25, 0.3) is 5.91 Å². The van der Waals surface area contributed by atoms with Crippen LogP contribution in [0, 0.1) is 41.4 Å². The van der Waals surface area contributed by atoms with Gasteiger partial charge in [0.15, 0.2) is 34.3 Å². The van der Waals surface area contributed by atoms with Gasteiger partial charge in [-0.3, -0.25) is 47.9 Å². The van der Waals surface area contributed by atoms with Crippen LogP contribution in [0.1, 0.15) is 237 Å². The molecule has 0 aliphatic heterocycles. The van der Waals surface area contributed by atoms with Gasteiger partial charge in [-0.25, -0.2) is 9.59 Å². The largest absolute Gasteiger partial charge is 0.478 e. The van der Waals surface area contributed by atoms with E-state index in [4.69, 9.17) is 46.6 Å². The van der Waals surface area contributed by atoms with E-state index in [-0.39, 0.29) is 120 Å². The van der Waals surface area contributed by atoms with Crippen molar-refractivity contribution >= 4 is 122 Å². The molecule has 16 atom stereocenters. The Morgan fingerprint density at radius 2 is 0.869 bits per heavy atom. The number of allylic oxidation sites excluding steroid dienone is 3. The number of carbonyl (C=O) groups is 12. The van der Waals surface area contributed by atoms with Crippen LogP contribution in [0.3, 0.4) is 0 Å². The zero-order chi connectivity index (χ0) is 101. The first-order chi connectivity index (χ1) is 59.8. The van der Waals surface area contributed by atoms with Crippen LogP contribution in [0.5, 0.6) is 0 Å². The number of ketones is 2. The molecule has 31 heteroatoms. The Morgan fingerprint density at radius 3 is 1.20 bits per heavy atom. The first-order valence-electron chi connectivity index (χ1n) is 45.8. The molecule has 2 rings (SSSR count). The lowest BCUT2D eigenvalue weighted by atomic mass is 9.85. The number of ether oxygens (including phenoxy) is 2. The molecule has 2 aromatic rings. The van der Waals surface area contributed by atoms with Crippen LogP contribution in [-0.4, -0.2) is 237 Å². The second kappa shape index (κ2) is 58.0. The topological polar surface area (TPSA) is 343 Å². The van der Waals surface area contributed by atoms with E-state index in [2.05, 4.69) is 136 Å². The molecule has 0 saturated carbocycles. The third-order valence-corrected chi connectivity index (χ3v) is 35.0. The normalized spacial score (nSPS) is 16.2. The van der Waals surface area contributed by atoms with E-state index in [1.807, 2.05) is 81.6 Å². The number of thioether (sulfide) groups is 1. The van der Waals surface area contributed by atoms with Crippen LogP contribution in [0.2, 0.25) is 46.3 Å². The van der Waals surface area contributed by atoms with Crippen LogP contribution in [-0.2, 0) is 88.7 Å². The molecule has 0 saturated heterocycles. The van der Waals surface area contributed by atoms with Gasteiger partial charge >= 0.3 is 11.9 Å². The summed E-state index contributed by atoms with van der Waals surface area (Å²) in [7, 11) is 1.80. The number of carboxylic acids is 1. The summed E-state index contributed by atoms with van der Waals surface area (Å²) < 4.78 is 25.6. The zero-order valence-electron chi connectivity index (χ0n) is 85.5. The Bertz CT molecular complexity index is 4110. The fourth-order valence-corrected chi connectivity index (χ4v) is 16.8. The highest BCUT2D eigenvalue weighted by molar-refractivity contribution is 7.98. The van der Waals surface area contributed by atoms with Crippen LogP contribution < -0.4 is 21.3 Å². The molecule has 0 aromatic heterocycles. The smallest absolute Gasteiger partial charge is 0.334 e. The van der Waals surface area contributed by atoms with Gasteiger partial charge in [0.2, 0.25) is 41.4 Å². The molecule has 8 amide bonds. The maximum absolute atomic E-state index is 14.1. The van der Waals surface area contributed by atoms with E-state index in [0.717, 1.165) is 5.56 Å². The van der Waals surface area contributed by atoms with Crippen molar-refractivity contribution in [2.24, 2.45) is 41.4 Å². The first-order valence-corrected chi connectivity index (χ1v) is 53.7. The molecule has 738 valence electrons. The molecule has 26 nitrogen and oxygen atoms in total. The van der Waals surface area contributed by atoms with Gasteiger partial charge in [-0.05, 0) is 219 Å². The van der Waals surface area contributed by atoms with Crippen molar-refractivity contribution < 1.29 is 86.1 Å². The number of aliphatic hydroxyl groups is 1. The Hall–Kier alpha value is -7.36. The van der Waals surface area contributed by atoms with Gasteiger partial charge in [-0.15, -0.1) is 11.8 Å². The molecular formula is C99H166Cl2N8O18SSi2. The molecule has 0 heterocycles. The maximum Gasteiger partial charge on any atom is 0.334 e. The Kier molecular flexibility index (Phi) is 54.8. The lowest BCUT2D eigenvalue weighted by Crippen LogP contribution is -2.56. The summed E-state index contributed by atoms with van der Waals surface area (Å²) in [4.78, 5) is 161. The summed E-state index contributed by atoms with van der Waals surface area (Å²) in [6, 6.07) is 8.11. The molecule has 2 unspecified atom stereocenters. The van der Waals surface area contributed by atoms with Crippen molar-refractivity contribution in [3.8, 4) is 0 Å². The molecule has 0 bridgehead atoms. The summed E-state index contributed by atoms with van der Waals surface area (Å²) >= 11 is 13.8. The predicted octanol–water partition coefficient (Wildman–Crippen LogP) is 17.0. The van der Waals surface area contributed by atoms with E-state index < -0.39 is 124 Å². The number of hydrogen-bond donors (Lipinski definition) is 6. The maximum atomic E-state index is 14.1. The lowest BCUT2D eigenvalue weighted by molar-refractivity contribution is -0.154. The number of carboxylic acid groups (broad SMARTS) is 1. The zero-order valence-corrected chi connectivity index (χ0v) is 89.8. The van der Waals surface area contributed by atoms with Crippen molar-refractivity contribution in [2.75, 3.05) is 53.5 Å². The molecule has 0 aliphatic carbocycles. The summed E-state index contributed by atoms with van der Waals surface area (Å²) in [5.41, 5.74) is 4.55. The highest BCUT2D eigenvalue weighted by Crippen LogP contribution is 2.42. The number of aliphatic carboxylic acids is 1. The van der Waals surface area contributed by atoms with Gasteiger partial charge in [-0.2, -0.15) is 0 Å². The Balaban J connectivity index is 0.00000211. The van der Waals surface area contributed by atoms with Crippen molar-refractivity contribution in [3.05, 3.63) is 116 Å². The number of Topliss-reactive ketones (excluding diaryl/α,β-unsaturated/α-hetero) is 2. The number of halogens is 2. The second-order valence-electron chi connectivity index (χ2n) is 39.2. The van der Waals surface area contributed by atoms with E-state index in [1.165, 1.54) is 86.6 Å². The molecule has 0 aliphatic rings. The molecule has 0 radical (unpaired) electrons. The van der Waals surface area contributed by atoms with Crippen LogP contribution in [0.4, 0.5) is 0 Å². The number of likely N-dealkylation sites (N-methyl/N-ethyl adjacent to an activating group) is 4. The van der Waals surface area contributed by atoms with Gasteiger partial charge in [0, 0.05) is 68.1 Å². The number of aliphatic hydroxyl groups excluding tert-OH is 1. The average molecular weight is 1920 g/mol. The summed E-state index contributed by atoms with van der Waals surface area (Å²) in [6.45, 7) is 60.8. The van der Waals surface area contributed by atoms with E-state index >= 15 is 0 Å². The minimum atomic E-state index is -2.07. The van der Waals surface area contributed by atoms with E-state index in [0.29, 0.717) is 58.4 Å². The molecule has 0 spiro atoms. The molecule has 0 fully saturated rings. The summed E-state index contributed by atoms with van der Waals surface area (Å²) in [5, 5.41) is 31.2. The standard InChI is InChI=1S/C49H81ClN4O8Si.C29H45ClN4O6.C21H40O4SSi/c1-19-31(5)43(37(11)55)52-42(56)29-53(15)47(59)40(28-38-23-25-39(50)26-24-38)54(16)46(58)36(10)51-45(57)41(27-30(3)4)61-48(60)34(8)22-21-33(7)35(9)44(32(6)20-2)62-63(17,18)49(12,13)14;1-9-18(4)26(20(6)35)32-25(37)16-33(7)29(40)23(15-21-10-12-22(30)13-11-21)34(8)28(39)19(5)31-27(38)24(36)14-17(2)3;1-11-15(2)19(25-27(9,10)21(5,6)7)17(4)18(24-14-26-8)13-12-16(3)20(22)23/h20,22-26,30-31,33,35-36,40-41,43-44H,19,21,27-29H2,1-18H3,(H,51,57)(H,52,56);10-13,17-19,23-24,26,36H,9,14-16H2,1-8H3,(H,31,38)(H,32,37);11-12,17-19H,13-14H2,1-10H3,(H,22,23)/b32-20+,34-22+;;15-11+,16-12+/t31?,33-,35-,36-,40+,41+,43-,44+;18?,19-,23+,24+,26-;17-,18-,19+/m000/s1. The number of nitrogens with zero attached hydrogens (tertiary/aromatic N) is 4. The number of benzene rings is 2. The number of nitrogens with one attached hydrogen (secondary N) is 4. The van der Waals surface area contributed by atoms with Crippen molar-refractivity contribution in [2.45, 2.75) is 341 Å². The average Bonchev–Trinajstić information content (AvgIpc) is 0.815. The molecule has 130 heavy (non-hydrogen) atoms. The molecular weight excluding hydrogens is 1750 g/mol. The van der Waals surface area contributed by atoms with Gasteiger partial charge in [0.05, 0.1) is 49.4 Å². The number of hydrogen-bond acceptors (Lipinski definition) is 18. The lowest BCUT2D eigenvalue weighted by Gasteiger charge is -2.42. The van der Waals surface area contributed by atoms with Gasteiger partial charge in [0.1, 0.15) is 30.3 Å².